The van der Waals surface area contributed by atoms with Gasteiger partial charge in [-0.1, -0.05) is 47.5 Å². The van der Waals surface area contributed by atoms with E-state index in [9.17, 15) is 8.42 Å². The number of rotatable bonds is 7. The first-order chi connectivity index (χ1) is 11.3. The molecule has 0 aliphatic rings. The molecule has 0 saturated carbocycles. The summed E-state index contributed by atoms with van der Waals surface area (Å²) in [6.07, 6.45) is 0. The fourth-order valence-corrected chi connectivity index (χ4v) is 3.74. The quantitative estimate of drug-likeness (QED) is 0.788. The van der Waals surface area contributed by atoms with Gasteiger partial charge in [-0.15, -0.1) is 0 Å². The van der Waals surface area contributed by atoms with Crippen LogP contribution in [0.25, 0.3) is 0 Å². The van der Waals surface area contributed by atoms with Crippen LogP contribution in [0.3, 0.4) is 0 Å². The van der Waals surface area contributed by atoms with Crippen LogP contribution < -0.4 is 4.72 Å². The lowest BCUT2D eigenvalue weighted by atomic mass is 10.1. The van der Waals surface area contributed by atoms with E-state index in [-0.39, 0.29) is 18.3 Å². The Balaban J connectivity index is 2.05. The van der Waals surface area contributed by atoms with Crippen LogP contribution in [-0.4, -0.2) is 34.0 Å². The van der Waals surface area contributed by atoms with Crippen LogP contribution in [0, 0.1) is 0 Å². The average Bonchev–Trinajstić information content (AvgIpc) is 2.51. The monoisotopic (exact) mass is 386 g/mol. The van der Waals surface area contributed by atoms with Crippen molar-refractivity contribution in [1.29, 1.82) is 0 Å². The van der Waals surface area contributed by atoms with Crippen molar-refractivity contribution in [2.45, 2.75) is 11.8 Å². The van der Waals surface area contributed by atoms with Gasteiger partial charge in [0.2, 0.25) is 10.0 Å². The second kappa shape index (κ2) is 8.32. The highest BCUT2D eigenvalue weighted by atomic mass is 35.5. The molecule has 1 N–H and O–H groups in total. The third kappa shape index (κ3) is 5.76. The third-order valence-electron chi connectivity index (χ3n) is 3.64. The molecule has 0 aliphatic carbocycles. The molecule has 130 valence electrons. The highest BCUT2D eigenvalue weighted by Gasteiger charge is 2.18. The summed E-state index contributed by atoms with van der Waals surface area (Å²) in [6, 6.07) is 14.1. The van der Waals surface area contributed by atoms with Gasteiger partial charge < -0.3 is 4.90 Å². The number of likely N-dealkylation sites (N-methyl/N-ethyl adjacent to an activating group) is 1. The summed E-state index contributed by atoms with van der Waals surface area (Å²) in [6.45, 7) is 0.282. The number of sulfonamides is 1. The Morgan fingerprint density at radius 3 is 1.96 bits per heavy atom. The van der Waals surface area contributed by atoms with Crippen molar-refractivity contribution >= 4 is 33.2 Å². The number of hydrogen-bond donors (Lipinski definition) is 1. The van der Waals surface area contributed by atoms with Crippen LogP contribution in [0.15, 0.2) is 48.5 Å². The molecule has 2 rings (SSSR count). The lowest BCUT2D eigenvalue weighted by molar-refractivity contribution is 0.299. The first kappa shape index (κ1) is 19.2. The minimum Gasteiger partial charge on any atom is -0.301 e. The van der Waals surface area contributed by atoms with Crippen molar-refractivity contribution < 1.29 is 8.42 Å². The Kier molecular flexibility index (Phi) is 6.66. The first-order valence-corrected chi connectivity index (χ1v) is 9.81. The summed E-state index contributed by atoms with van der Waals surface area (Å²) in [5, 5.41) is 1.24. The van der Waals surface area contributed by atoms with E-state index in [1.54, 1.807) is 36.4 Å². The molecule has 24 heavy (non-hydrogen) atoms. The predicted octanol–water partition coefficient (Wildman–Crippen LogP) is 3.72. The lowest BCUT2D eigenvalue weighted by Gasteiger charge is -2.25. The standard InChI is InChI=1S/C17H20Cl2N2O2S/c1-21(2)17(14-5-9-16(19)10-6-14)11-20-24(22,23)12-13-3-7-15(18)8-4-13/h3-10,17,20H,11-12H2,1-2H3. The minimum atomic E-state index is -3.44. The fraction of sp³-hybridized carbons (Fsp3) is 0.294. The number of nitrogens with zero attached hydrogens (tertiary/aromatic N) is 1. The highest BCUT2D eigenvalue weighted by Crippen LogP contribution is 2.20. The fourth-order valence-electron chi connectivity index (χ4n) is 2.34. The van der Waals surface area contributed by atoms with Crippen molar-refractivity contribution in [2.24, 2.45) is 0 Å². The highest BCUT2D eigenvalue weighted by molar-refractivity contribution is 7.88. The average molecular weight is 387 g/mol. The summed E-state index contributed by atoms with van der Waals surface area (Å²) >= 11 is 11.7. The number of nitrogens with one attached hydrogen (secondary N) is 1. The van der Waals surface area contributed by atoms with Gasteiger partial charge in [0.1, 0.15) is 0 Å². The Morgan fingerprint density at radius 2 is 1.46 bits per heavy atom. The van der Waals surface area contributed by atoms with Crippen molar-refractivity contribution in [3.63, 3.8) is 0 Å². The van der Waals surface area contributed by atoms with Gasteiger partial charge >= 0.3 is 0 Å². The second-order valence-electron chi connectivity index (χ2n) is 5.76. The van der Waals surface area contributed by atoms with E-state index in [1.807, 2.05) is 31.1 Å². The maximum atomic E-state index is 12.3. The van der Waals surface area contributed by atoms with Crippen molar-refractivity contribution in [2.75, 3.05) is 20.6 Å². The Morgan fingerprint density at radius 1 is 0.958 bits per heavy atom. The topological polar surface area (TPSA) is 49.4 Å². The Bertz CT molecular complexity index is 760. The van der Waals surface area contributed by atoms with Crippen molar-refractivity contribution in [3.05, 3.63) is 69.7 Å². The SMILES string of the molecule is CN(C)C(CNS(=O)(=O)Cc1ccc(Cl)cc1)c1ccc(Cl)cc1. The molecule has 1 atom stereocenters. The van der Waals surface area contributed by atoms with Gasteiger partial charge in [0.05, 0.1) is 5.75 Å². The van der Waals surface area contributed by atoms with Crippen molar-refractivity contribution in [3.8, 4) is 0 Å². The Labute approximate surface area is 153 Å². The largest absolute Gasteiger partial charge is 0.301 e. The Hall–Kier alpha value is -1.11. The maximum absolute atomic E-state index is 12.3. The molecule has 0 aliphatic heterocycles. The molecule has 0 radical (unpaired) electrons. The molecule has 0 aromatic heterocycles. The molecule has 4 nitrogen and oxygen atoms in total. The summed E-state index contributed by atoms with van der Waals surface area (Å²) in [5.74, 6) is -0.0784. The van der Waals surface area contributed by atoms with E-state index in [2.05, 4.69) is 4.72 Å². The molecule has 0 amide bonds. The van der Waals surface area contributed by atoms with Gasteiger partial charge in [0, 0.05) is 22.6 Å². The van der Waals surface area contributed by atoms with E-state index in [0.29, 0.717) is 15.6 Å². The van der Waals surface area contributed by atoms with Gasteiger partial charge in [-0.3, -0.25) is 0 Å². The molecule has 2 aromatic rings. The zero-order valence-electron chi connectivity index (χ0n) is 13.5. The van der Waals surface area contributed by atoms with E-state index in [1.165, 1.54) is 0 Å². The molecular weight excluding hydrogens is 367 g/mol. The van der Waals surface area contributed by atoms with Gasteiger partial charge in [-0.25, -0.2) is 13.1 Å². The number of hydrogen-bond acceptors (Lipinski definition) is 3. The molecule has 0 spiro atoms. The van der Waals surface area contributed by atoms with E-state index < -0.39 is 10.0 Å². The number of halogens is 2. The zero-order chi connectivity index (χ0) is 17.7. The van der Waals surface area contributed by atoms with E-state index in [4.69, 9.17) is 23.2 Å². The minimum absolute atomic E-state index is 0.0784. The van der Waals surface area contributed by atoms with Gasteiger partial charge in [0.15, 0.2) is 0 Å². The van der Waals surface area contributed by atoms with Crippen LogP contribution in [0.2, 0.25) is 10.0 Å². The van der Waals surface area contributed by atoms with Crippen molar-refractivity contribution in [1.82, 2.24) is 9.62 Å². The zero-order valence-corrected chi connectivity index (χ0v) is 15.9. The molecule has 7 heteroatoms. The smallest absolute Gasteiger partial charge is 0.215 e. The predicted molar refractivity (Wildman–Crippen MR) is 100.0 cm³/mol. The summed E-state index contributed by atoms with van der Waals surface area (Å²) in [5.41, 5.74) is 1.69. The van der Waals surface area contributed by atoms with Crippen LogP contribution in [0.5, 0.6) is 0 Å². The van der Waals surface area contributed by atoms with E-state index in [0.717, 1.165) is 5.56 Å². The molecule has 0 saturated heterocycles. The summed E-state index contributed by atoms with van der Waals surface area (Å²) in [4.78, 5) is 1.97. The third-order valence-corrected chi connectivity index (χ3v) is 5.47. The van der Waals surface area contributed by atoms with Gasteiger partial charge in [-0.2, -0.15) is 0 Å². The molecule has 1 unspecified atom stereocenters. The van der Waals surface area contributed by atoms with Gasteiger partial charge in [-0.05, 0) is 49.5 Å². The molecule has 0 bridgehead atoms. The lowest BCUT2D eigenvalue weighted by Crippen LogP contribution is -2.35. The molecule has 2 aromatic carbocycles. The van der Waals surface area contributed by atoms with Gasteiger partial charge in [0.25, 0.3) is 0 Å². The normalized spacial score (nSPS) is 13.2. The molecule has 0 heterocycles. The maximum Gasteiger partial charge on any atom is 0.215 e. The first-order valence-electron chi connectivity index (χ1n) is 7.40. The summed E-state index contributed by atoms with van der Waals surface area (Å²) in [7, 11) is 0.381. The second-order valence-corrected chi connectivity index (χ2v) is 8.44. The van der Waals surface area contributed by atoms with Crippen LogP contribution >= 0.6 is 23.2 Å². The molecular formula is C17H20Cl2N2O2S. The van der Waals surface area contributed by atoms with Crippen LogP contribution in [-0.2, 0) is 15.8 Å². The molecule has 0 fully saturated rings. The van der Waals surface area contributed by atoms with E-state index >= 15 is 0 Å². The van der Waals surface area contributed by atoms with Crippen LogP contribution in [0.1, 0.15) is 17.2 Å². The summed E-state index contributed by atoms with van der Waals surface area (Å²) < 4.78 is 27.3. The number of benzene rings is 2. The van der Waals surface area contributed by atoms with Crippen LogP contribution in [0.4, 0.5) is 0 Å².